The molecule has 3 aromatic carbocycles. The number of ether oxygens (including phenoxy) is 2. The lowest BCUT2D eigenvalue weighted by Crippen LogP contribution is -2.45. The van der Waals surface area contributed by atoms with Gasteiger partial charge in [0.2, 0.25) is 11.8 Å². The van der Waals surface area contributed by atoms with Gasteiger partial charge in [-0.25, -0.2) is 4.79 Å². The first kappa shape index (κ1) is 38.1. The van der Waals surface area contributed by atoms with E-state index in [0.29, 0.717) is 39.1 Å². The minimum atomic E-state index is -1.27. The lowest BCUT2D eigenvalue weighted by molar-refractivity contribution is -0.155. The number of rotatable bonds is 10. The topological polar surface area (TPSA) is 97.2 Å². The van der Waals surface area contributed by atoms with Crippen LogP contribution in [0.3, 0.4) is 0 Å². The maximum absolute atomic E-state index is 13.6. The summed E-state index contributed by atoms with van der Waals surface area (Å²) in [5, 5.41) is 5.84. The Morgan fingerprint density at radius 1 is 0.929 bits per heavy atom. The Hall–Kier alpha value is -4.74. The molecule has 4 aliphatic rings. The van der Waals surface area contributed by atoms with E-state index in [1.165, 1.54) is 32.9 Å². The highest BCUT2D eigenvalue weighted by Gasteiger charge is 2.41. The predicted molar refractivity (Wildman–Crippen MR) is 222 cm³/mol. The monoisotopic (exact) mass is 773 g/mol. The van der Waals surface area contributed by atoms with E-state index in [1.54, 1.807) is 4.90 Å². The van der Waals surface area contributed by atoms with E-state index in [0.717, 1.165) is 73.4 Å². The van der Waals surface area contributed by atoms with Crippen LogP contribution in [0.4, 0.5) is 10.5 Å². The number of anilines is 1. The first-order chi connectivity index (χ1) is 27.0. The molecule has 4 aromatic rings. The SMILES string of the molecule is Cn1nc(C2CCC(=O)N(COCC[Si](C)(C)C)C2=O)c2ccc(N3CCC4(CC3)Cc3ccc(C5=CCN(C(=O)OCc6ccccc6)CC5)cc3C4)cc21. The molecule has 2 fully saturated rings. The van der Waals surface area contributed by atoms with Gasteiger partial charge in [0.25, 0.3) is 0 Å². The maximum atomic E-state index is 13.6. The highest BCUT2D eigenvalue weighted by Crippen LogP contribution is 2.46. The van der Waals surface area contributed by atoms with Crippen molar-refractivity contribution in [1.82, 2.24) is 19.6 Å². The van der Waals surface area contributed by atoms with E-state index in [9.17, 15) is 14.4 Å². The van der Waals surface area contributed by atoms with Crippen molar-refractivity contribution in [3.05, 3.63) is 101 Å². The number of imide groups is 1. The fraction of sp³-hybridized carbons (Fsp3) is 0.467. The fourth-order valence-electron chi connectivity index (χ4n) is 9.02. The summed E-state index contributed by atoms with van der Waals surface area (Å²) < 4.78 is 13.3. The number of hydrogen-bond donors (Lipinski definition) is 0. The van der Waals surface area contributed by atoms with Gasteiger partial charge in [0, 0.05) is 65.4 Å². The van der Waals surface area contributed by atoms with Crippen LogP contribution >= 0.6 is 0 Å². The lowest BCUT2D eigenvalue weighted by Gasteiger charge is -2.40. The number of nitrogens with zero attached hydrogens (tertiary/aromatic N) is 5. The number of aryl methyl sites for hydroxylation is 1. The minimum Gasteiger partial charge on any atom is -0.445 e. The number of carbonyl (C=O) groups is 3. The Morgan fingerprint density at radius 2 is 1.71 bits per heavy atom. The van der Waals surface area contributed by atoms with Crippen LogP contribution in [0.15, 0.2) is 72.8 Å². The Kier molecular flexibility index (Phi) is 10.7. The highest BCUT2D eigenvalue weighted by molar-refractivity contribution is 6.76. The van der Waals surface area contributed by atoms with Gasteiger partial charge in [-0.05, 0) is 96.0 Å². The second-order valence-corrected chi connectivity index (χ2v) is 23.2. The molecule has 3 amide bonds. The number of piperidine rings is 2. The van der Waals surface area contributed by atoms with Crippen molar-refractivity contribution < 1.29 is 23.9 Å². The molecule has 4 heterocycles. The maximum Gasteiger partial charge on any atom is 0.410 e. The summed E-state index contributed by atoms with van der Waals surface area (Å²) in [6.45, 7) is 11.0. The molecule has 294 valence electrons. The molecular formula is C45H55N5O5Si. The van der Waals surface area contributed by atoms with Crippen LogP contribution in [0.5, 0.6) is 0 Å². The van der Waals surface area contributed by atoms with Gasteiger partial charge in [0.1, 0.15) is 13.3 Å². The highest BCUT2D eigenvalue weighted by atomic mass is 28.3. The van der Waals surface area contributed by atoms with E-state index < -0.39 is 14.0 Å². The Bertz CT molecular complexity index is 2150. The molecule has 1 spiro atoms. The molecule has 1 aliphatic carbocycles. The molecule has 56 heavy (non-hydrogen) atoms. The summed E-state index contributed by atoms with van der Waals surface area (Å²) in [7, 11) is 0.671. The Morgan fingerprint density at radius 3 is 2.46 bits per heavy atom. The number of fused-ring (bicyclic) bond motifs is 2. The zero-order valence-corrected chi connectivity index (χ0v) is 34.4. The van der Waals surface area contributed by atoms with E-state index in [4.69, 9.17) is 14.6 Å². The minimum absolute atomic E-state index is 0.0166. The molecule has 0 saturated carbocycles. The quantitative estimate of drug-likeness (QED) is 0.0918. The first-order valence-corrected chi connectivity index (χ1v) is 24.1. The summed E-state index contributed by atoms with van der Waals surface area (Å²) in [4.78, 5) is 44.7. The number of amides is 3. The molecule has 0 bridgehead atoms. The van der Waals surface area contributed by atoms with Gasteiger partial charge in [-0.3, -0.25) is 19.2 Å². The number of benzene rings is 3. The summed E-state index contributed by atoms with van der Waals surface area (Å²) >= 11 is 0. The third kappa shape index (κ3) is 8.07. The third-order valence-corrected chi connectivity index (χ3v) is 14.2. The Labute approximate surface area is 331 Å². The molecule has 0 N–H and O–H groups in total. The van der Waals surface area contributed by atoms with E-state index in [1.807, 2.05) is 42.1 Å². The van der Waals surface area contributed by atoms with Crippen LogP contribution < -0.4 is 4.90 Å². The van der Waals surface area contributed by atoms with Crippen LogP contribution in [0.1, 0.15) is 66.0 Å². The third-order valence-electron chi connectivity index (χ3n) is 12.5. The number of likely N-dealkylation sites (tertiary alicyclic amines) is 1. The standard InChI is InChI=1S/C45H55N5O5Si/c1-47-40-27-37(12-13-38(40)42(46-47)39-14-15-41(51)50(43(39)52)31-54-24-25-56(2,3)4)48-22-18-45(19-23-48)28-35-11-10-34(26-36(35)29-45)33-16-20-49(21-17-33)44(53)55-30-32-8-6-5-7-9-32/h5-13,16,26-27,39H,14-15,17-25,28-31H2,1-4H3. The summed E-state index contributed by atoms with van der Waals surface area (Å²) in [5.74, 6) is -0.826. The van der Waals surface area contributed by atoms with Crippen LogP contribution in [0.2, 0.25) is 25.7 Å². The van der Waals surface area contributed by atoms with Gasteiger partial charge < -0.3 is 19.3 Å². The van der Waals surface area contributed by atoms with Crippen LogP contribution in [0, 0.1) is 5.41 Å². The van der Waals surface area contributed by atoms with E-state index in [-0.39, 0.29) is 30.1 Å². The zero-order valence-electron chi connectivity index (χ0n) is 33.4. The van der Waals surface area contributed by atoms with Crippen molar-refractivity contribution in [2.45, 2.75) is 83.2 Å². The summed E-state index contributed by atoms with van der Waals surface area (Å²) in [6, 6.07) is 24.3. The molecule has 1 unspecified atom stereocenters. The molecule has 0 radical (unpaired) electrons. The van der Waals surface area contributed by atoms with Crippen LogP contribution in [0.25, 0.3) is 16.5 Å². The van der Waals surface area contributed by atoms with Gasteiger partial charge in [0.05, 0.1) is 17.1 Å². The zero-order chi connectivity index (χ0) is 39.0. The van der Waals surface area contributed by atoms with Crippen molar-refractivity contribution >= 4 is 48.1 Å². The van der Waals surface area contributed by atoms with Crippen molar-refractivity contribution in [2.75, 3.05) is 44.4 Å². The van der Waals surface area contributed by atoms with E-state index >= 15 is 0 Å². The smallest absolute Gasteiger partial charge is 0.410 e. The number of hydrogen-bond acceptors (Lipinski definition) is 7. The molecular weight excluding hydrogens is 719 g/mol. The predicted octanol–water partition coefficient (Wildman–Crippen LogP) is 7.93. The average molecular weight is 774 g/mol. The average Bonchev–Trinajstić information content (AvgIpc) is 3.72. The van der Waals surface area contributed by atoms with Crippen molar-refractivity contribution in [3.63, 3.8) is 0 Å². The first-order valence-electron chi connectivity index (χ1n) is 20.4. The molecule has 11 heteroatoms. The van der Waals surface area contributed by atoms with Gasteiger partial charge in [0.15, 0.2) is 0 Å². The summed E-state index contributed by atoms with van der Waals surface area (Å²) in [5.41, 5.74) is 9.75. The largest absolute Gasteiger partial charge is 0.445 e. The molecule has 1 aromatic heterocycles. The second kappa shape index (κ2) is 15.7. The lowest BCUT2D eigenvalue weighted by atomic mass is 9.76. The van der Waals surface area contributed by atoms with Gasteiger partial charge >= 0.3 is 6.09 Å². The molecule has 8 rings (SSSR count). The van der Waals surface area contributed by atoms with Gasteiger partial charge in [-0.2, -0.15) is 5.10 Å². The Balaban J connectivity index is 0.872. The number of carbonyl (C=O) groups excluding carboxylic acids is 3. The second-order valence-electron chi connectivity index (χ2n) is 17.6. The molecule has 10 nitrogen and oxygen atoms in total. The van der Waals surface area contributed by atoms with Crippen LogP contribution in [-0.4, -0.2) is 85.1 Å². The molecule has 3 aliphatic heterocycles. The summed E-state index contributed by atoms with van der Waals surface area (Å²) in [6.07, 6.45) is 8.04. The van der Waals surface area contributed by atoms with E-state index in [2.05, 4.69) is 67.0 Å². The molecule has 1 atom stereocenters. The van der Waals surface area contributed by atoms with Gasteiger partial charge in [-0.1, -0.05) is 74.2 Å². The molecule has 2 saturated heterocycles. The van der Waals surface area contributed by atoms with Crippen molar-refractivity contribution in [1.29, 1.82) is 0 Å². The fourth-order valence-corrected chi connectivity index (χ4v) is 9.78. The number of aromatic nitrogens is 2. The van der Waals surface area contributed by atoms with Crippen molar-refractivity contribution in [3.8, 4) is 0 Å². The van der Waals surface area contributed by atoms with Crippen molar-refractivity contribution in [2.24, 2.45) is 12.5 Å². The van der Waals surface area contributed by atoms with Crippen LogP contribution in [-0.2, 0) is 45.6 Å². The van der Waals surface area contributed by atoms with Gasteiger partial charge in [-0.15, -0.1) is 0 Å². The normalized spacial score (nSPS) is 19.8.